The summed E-state index contributed by atoms with van der Waals surface area (Å²) in [5, 5.41) is 9.48. The van der Waals surface area contributed by atoms with Crippen molar-refractivity contribution in [2.24, 2.45) is 11.8 Å². The van der Waals surface area contributed by atoms with Crippen molar-refractivity contribution in [1.29, 1.82) is 0 Å². The number of nitrogens with zero attached hydrogens (tertiary/aromatic N) is 2. The second kappa shape index (κ2) is 5.21. The molecule has 1 N–H and O–H groups in total. The average Bonchev–Trinajstić information content (AvgIpc) is 2.91. The molecule has 102 valence electrons. The van der Waals surface area contributed by atoms with Gasteiger partial charge in [0.25, 0.3) is 0 Å². The topological polar surface area (TPSA) is 53.4 Å². The highest BCUT2D eigenvalue weighted by molar-refractivity contribution is 9.10. The van der Waals surface area contributed by atoms with E-state index < -0.39 is 5.97 Å². The van der Waals surface area contributed by atoms with Gasteiger partial charge in [-0.3, -0.25) is 14.7 Å². The van der Waals surface area contributed by atoms with E-state index in [2.05, 4.69) is 25.8 Å². The standard InChI is InChI=1S/C14H17BrN2O2/c15-10-4-5-11(16-6-10)8-17-7-9-2-1-3-12(9)13(17)14(18)19/h4-6,9,12-13H,1-3,7-8H2,(H,18,19). The fraction of sp³-hybridized carbons (Fsp3) is 0.571. The summed E-state index contributed by atoms with van der Waals surface area (Å²) in [6.07, 6.45) is 5.19. The molecule has 1 aromatic heterocycles. The molecule has 3 atom stereocenters. The minimum absolute atomic E-state index is 0.321. The number of aliphatic carboxylic acids is 1. The summed E-state index contributed by atoms with van der Waals surface area (Å²) in [5.74, 6) is 0.232. The Hall–Kier alpha value is -0.940. The Morgan fingerprint density at radius 2 is 2.32 bits per heavy atom. The summed E-state index contributed by atoms with van der Waals surface area (Å²) < 4.78 is 0.948. The molecule has 1 aliphatic heterocycles. The minimum atomic E-state index is -0.675. The van der Waals surface area contributed by atoms with Crippen molar-refractivity contribution < 1.29 is 9.90 Å². The van der Waals surface area contributed by atoms with Crippen molar-refractivity contribution in [3.8, 4) is 0 Å². The molecule has 1 aromatic rings. The molecule has 1 saturated heterocycles. The van der Waals surface area contributed by atoms with Gasteiger partial charge in [0.05, 0.1) is 5.69 Å². The van der Waals surface area contributed by atoms with E-state index in [1.54, 1.807) is 6.20 Å². The summed E-state index contributed by atoms with van der Waals surface area (Å²) >= 11 is 3.36. The Bertz CT molecular complexity index is 477. The number of rotatable bonds is 3. The zero-order valence-corrected chi connectivity index (χ0v) is 12.2. The number of pyridine rings is 1. The van der Waals surface area contributed by atoms with E-state index in [0.717, 1.165) is 23.1 Å². The van der Waals surface area contributed by atoms with Crippen LogP contribution in [0.1, 0.15) is 25.0 Å². The van der Waals surface area contributed by atoms with Gasteiger partial charge < -0.3 is 5.11 Å². The van der Waals surface area contributed by atoms with Gasteiger partial charge in [-0.05, 0) is 52.7 Å². The Balaban J connectivity index is 1.76. The highest BCUT2D eigenvalue weighted by atomic mass is 79.9. The van der Waals surface area contributed by atoms with Crippen molar-refractivity contribution in [2.45, 2.75) is 31.8 Å². The first-order chi connectivity index (χ1) is 9.15. The Morgan fingerprint density at radius 1 is 1.47 bits per heavy atom. The van der Waals surface area contributed by atoms with E-state index in [1.807, 2.05) is 12.1 Å². The number of halogens is 1. The number of hydrogen-bond donors (Lipinski definition) is 1. The number of aromatic nitrogens is 1. The minimum Gasteiger partial charge on any atom is -0.480 e. The number of fused-ring (bicyclic) bond motifs is 1. The van der Waals surface area contributed by atoms with Crippen molar-refractivity contribution in [2.75, 3.05) is 6.54 Å². The molecular weight excluding hydrogens is 308 g/mol. The lowest BCUT2D eigenvalue weighted by Crippen LogP contribution is -2.39. The van der Waals surface area contributed by atoms with E-state index in [-0.39, 0.29) is 6.04 Å². The highest BCUT2D eigenvalue weighted by Crippen LogP contribution is 2.42. The number of carboxylic acid groups (broad SMARTS) is 1. The van der Waals surface area contributed by atoms with Crippen LogP contribution in [-0.2, 0) is 11.3 Å². The van der Waals surface area contributed by atoms with Crippen LogP contribution in [0.5, 0.6) is 0 Å². The average molecular weight is 325 g/mol. The van der Waals surface area contributed by atoms with E-state index in [0.29, 0.717) is 18.4 Å². The lowest BCUT2D eigenvalue weighted by molar-refractivity contribution is -0.143. The molecule has 0 radical (unpaired) electrons. The molecule has 0 bridgehead atoms. The van der Waals surface area contributed by atoms with Crippen LogP contribution in [0.3, 0.4) is 0 Å². The molecule has 0 aromatic carbocycles. The van der Waals surface area contributed by atoms with Gasteiger partial charge >= 0.3 is 5.97 Å². The van der Waals surface area contributed by atoms with Crippen molar-refractivity contribution in [3.05, 3.63) is 28.5 Å². The quantitative estimate of drug-likeness (QED) is 0.928. The predicted molar refractivity (Wildman–Crippen MR) is 74.6 cm³/mol. The van der Waals surface area contributed by atoms with Crippen LogP contribution < -0.4 is 0 Å². The third kappa shape index (κ3) is 2.54. The first-order valence-corrected chi connectivity index (χ1v) is 7.52. The van der Waals surface area contributed by atoms with Crippen LogP contribution in [0.4, 0.5) is 0 Å². The summed E-state index contributed by atoms with van der Waals surface area (Å²) in [7, 11) is 0. The monoisotopic (exact) mass is 324 g/mol. The van der Waals surface area contributed by atoms with E-state index in [9.17, 15) is 9.90 Å². The first kappa shape index (κ1) is 13.1. The molecule has 4 nitrogen and oxygen atoms in total. The second-order valence-electron chi connectivity index (χ2n) is 5.54. The largest absolute Gasteiger partial charge is 0.480 e. The van der Waals surface area contributed by atoms with Gasteiger partial charge in [0.1, 0.15) is 6.04 Å². The lowest BCUT2D eigenvalue weighted by Gasteiger charge is -2.23. The molecule has 0 amide bonds. The molecule has 2 fully saturated rings. The number of hydrogen-bond acceptors (Lipinski definition) is 3. The fourth-order valence-electron chi connectivity index (χ4n) is 3.60. The van der Waals surface area contributed by atoms with Crippen LogP contribution >= 0.6 is 15.9 Å². The molecule has 5 heteroatoms. The molecule has 2 heterocycles. The highest BCUT2D eigenvalue weighted by Gasteiger charge is 2.47. The predicted octanol–water partition coefficient (Wildman–Crippen LogP) is 2.53. The van der Waals surface area contributed by atoms with Crippen LogP contribution in [0, 0.1) is 11.8 Å². The third-order valence-electron chi connectivity index (χ3n) is 4.39. The van der Waals surface area contributed by atoms with Crippen molar-refractivity contribution in [3.63, 3.8) is 0 Å². The van der Waals surface area contributed by atoms with Gasteiger partial charge in [-0.2, -0.15) is 0 Å². The van der Waals surface area contributed by atoms with Gasteiger partial charge in [0, 0.05) is 23.8 Å². The molecule has 1 saturated carbocycles. The van der Waals surface area contributed by atoms with Gasteiger partial charge in [0.2, 0.25) is 0 Å². The van der Waals surface area contributed by atoms with Gasteiger partial charge in [0.15, 0.2) is 0 Å². The van der Waals surface area contributed by atoms with Crippen LogP contribution in [0.25, 0.3) is 0 Å². The molecule has 0 spiro atoms. The number of carboxylic acids is 1. The molecule has 3 unspecified atom stereocenters. The summed E-state index contributed by atoms with van der Waals surface area (Å²) in [5.41, 5.74) is 0.939. The van der Waals surface area contributed by atoms with Gasteiger partial charge in [-0.25, -0.2) is 0 Å². The molecule has 3 rings (SSSR count). The normalized spacial score (nSPS) is 30.5. The Labute approximate surface area is 121 Å². The first-order valence-electron chi connectivity index (χ1n) is 6.72. The zero-order valence-electron chi connectivity index (χ0n) is 10.6. The maximum absolute atomic E-state index is 11.5. The van der Waals surface area contributed by atoms with E-state index in [1.165, 1.54) is 12.8 Å². The third-order valence-corrected chi connectivity index (χ3v) is 4.86. The number of carbonyl (C=O) groups is 1. The van der Waals surface area contributed by atoms with Gasteiger partial charge in [-0.15, -0.1) is 0 Å². The van der Waals surface area contributed by atoms with Crippen LogP contribution in [-0.4, -0.2) is 33.5 Å². The summed E-state index contributed by atoms with van der Waals surface area (Å²) in [6, 6.07) is 3.59. The Morgan fingerprint density at radius 3 is 3.00 bits per heavy atom. The molecule has 1 aliphatic carbocycles. The van der Waals surface area contributed by atoms with Crippen LogP contribution in [0.15, 0.2) is 22.8 Å². The lowest BCUT2D eigenvalue weighted by atomic mass is 9.94. The Kier molecular flexibility index (Phi) is 3.58. The molecular formula is C14H17BrN2O2. The van der Waals surface area contributed by atoms with Crippen LogP contribution in [0.2, 0.25) is 0 Å². The second-order valence-corrected chi connectivity index (χ2v) is 6.45. The summed E-state index contributed by atoms with van der Waals surface area (Å²) in [6.45, 7) is 1.54. The van der Waals surface area contributed by atoms with Crippen molar-refractivity contribution in [1.82, 2.24) is 9.88 Å². The fourth-order valence-corrected chi connectivity index (χ4v) is 3.84. The van der Waals surface area contributed by atoms with E-state index in [4.69, 9.17) is 0 Å². The van der Waals surface area contributed by atoms with Crippen molar-refractivity contribution >= 4 is 21.9 Å². The molecule has 2 aliphatic rings. The smallest absolute Gasteiger partial charge is 0.321 e. The number of likely N-dealkylation sites (tertiary alicyclic amines) is 1. The summed E-state index contributed by atoms with van der Waals surface area (Å²) in [4.78, 5) is 18.0. The maximum Gasteiger partial charge on any atom is 0.321 e. The van der Waals surface area contributed by atoms with Gasteiger partial charge in [-0.1, -0.05) is 6.42 Å². The van der Waals surface area contributed by atoms with E-state index >= 15 is 0 Å². The zero-order chi connectivity index (χ0) is 13.4. The molecule has 19 heavy (non-hydrogen) atoms. The SMILES string of the molecule is O=C(O)C1C2CCCC2CN1Cc1ccc(Br)cn1. The maximum atomic E-state index is 11.5.